The standard InChI is InChI=1S/C28H30N2O4S/c1-18-7-12-24(13-8-18)35(32,33)30-17-27(34-26-15-19(2)9-14-25(26)30)28(31)29-20(3)22-11-10-21-5-4-6-23(21)16-22/h7-16,20,27H,4-6,17H2,1-3H3,(H,29,31)/t20-,27+/m0/s1. The number of aryl methyl sites for hydroxylation is 4. The lowest BCUT2D eigenvalue weighted by Crippen LogP contribution is -2.51. The van der Waals surface area contributed by atoms with E-state index < -0.39 is 16.1 Å². The Morgan fingerprint density at radius 1 is 0.971 bits per heavy atom. The molecule has 0 aromatic heterocycles. The fraction of sp³-hybridized carbons (Fsp3) is 0.321. The van der Waals surface area contributed by atoms with Gasteiger partial charge >= 0.3 is 0 Å². The van der Waals surface area contributed by atoms with Crippen molar-refractivity contribution in [1.82, 2.24) is 5.32 Å². The summed E-state index contributed by atoms with van der Waals surface area (Å²) in [6.45, 7) is 5.65. The summed E-state index contributed by atoms with van der Waals surface area (Å²) in [4.78, 5) is 13.5. The minimum absolute atomic E-state index is 0.102. The number of fused-ring (bicyclic) bond motifs is 2. The summed E-state index contributed by atoms with van der Waals surface area (Å²) in [7, 11) is -3.89. The maximum atomic E-state index is 13.6. The van der Waals surface area contributed by atoms with Crippen molar-refractivity contribution < 1.29 is 17.9 Å². The second-order valence-electron chi connectivity index (χ2n) is 9.54. The van der Waals surface area contributed by atoms with Crippen LogP contribution < -0.4 is 14.4 Å². The van der Waals surface area contributed by atoms with E-state index in [1.54, 1.807) is 36.4 Å². The maximum absolute atomic E-state index is 13.6. The van der Waals surface area contributed by atoms with Crippen LogP contribution in [0.4, 0.5) is 5.69 Å². The van der Waals surface area contributed by atoms with Crippen LogP contribution in [0.25, 0.3) is 0 Å². The number of carbonyl (C=O) groups is 1. The van der Waals surface area contributed by atoms with Crippen molar-refractivity contribution in [3.63, 3.8) is 0 Å². The normalized spacial score (nSPS) is 17.8. The Hall–Kier alpha value is -3.32. The summed E-state index contributed by atoms with van der Waals surface area (Å²) in [5, 5.41) is 3.04. The van der Waals surface area contributed by atoms with Gasteiger partial charge in [-0.05, 0) is 86.6 Å². The molecule has 0 unspecified atom stereocenters. The second kappa shape index (κ2) is 9.04. The molecule has 3 aromatic rings. The molecular weight excluding hydrogens is 460 g/mol. The van der Waals surface area contributed by atoms with Crippen molar-refractivity contribution >= 4 is 21.6 Å². The average molecular weight is 491 g/mol. The lowest BCUT2D eigenvalue weighted by atomic mass is 10.0. The molecule has 0 saturated carbocycles. The van der Waals surface area contributed by atoms with E-state index in [-0.39, 0.29) is 23.4 Å². The van der Waals surface area contributed by atoms with Crippen molar-refractivity contribution in [3.8, 4) is 5.75 Å². The van der Waals surface area contributed by atoms with E-state index in [0.29, 0.717) is 11.4 Å². The molecule has 1 aliphatic carbocycles. The van der Waals surface area contributed by atoms with Gasteiger partial charge < -0.3 is 10.1 Å². The minimum Gasteiger partial charge on any atom is -0.476 e. The van der Waals surface area contributed by atoms with E-state index in [4.69, 9.17) is 4.74 Å². The number of hydrogen-bond acceptors (Lipinski definition) is 4. The number of rotatable bonds is 5. The molecule has 5 rings (SSSR count). The SMILES string of the molecule is Cc1ccc(S(=O)(=O)N2C[C@H](C(=O)N[C@@H](C)c3ccc4c(c3)CCC4)Oc3cc(C)ccc32)cc1. The number of nitrogens with one attached hydrogen (secondary N) is 1. The number of amides is 1. The van der Waals surface area contributed by atoms with Crippen LogP contribution in [0.1, 0.15) is 47.2 Å². The third-order valence-corrected chi connectivity index (χ3v) is 8.66. The largest absolute Gasteiger partial charge is 0.476 e. The Balaban J connectivity index is 1.42. The molecule has 1 N–H and O–H groups in total. The molecule has 0 bridgehead atoms. The number of benzene rings is 3. The first-order chi connectivity index (χ1) is 16.7. The number of nitrogens with zero attached hydrogens (tertiary/aromatic N) is 1. The van der Waals surface area contributed by atoms with Crippen LogP contribution in [-0.2, 0) is 27.7 Å². The Morgan fingerprint density at radius 2 is 1.69 bits per heavy atom. The highest BCUT2D eigenvalue weighted by Crippen LogP contribution is 2.38. The van der Waals surface area contributed by atoms with Crippen LogP contribution in [0.15, 0.2) is 65.6 Å². The molecule has 6 nitrogen and oxygen atoms in total. The smallest absolute Gasteiger partial charge is 0.264 e. The first-order valence-electron chi connectivity index (χ1n) is 12.0. The Labute approximate surface area is 207 Å². The molecule has 182 valence electrons. The van der Waals surface area contributed by atoms with E-state index in [1.165, 1.54) is 21.9 Å². The monoisotopic (exact) mass is 490 g/mol. The highest BCUT2D eigenvalue weighted by atomic mass is 32.2. The topological polar surface area (TPSA) is 75.7 Å². The van der Waals surface area contributed by atoms with E-state index in [2.05, 4.69) is 23.5 Å². The van der Waals surface area contributed by atoms with Crippen LogP contribution in [0.3, 0.4) is 0 Å². The van der Waals surface area contributed by atoms with E-state index in [9.17, 15) is 13.2 Å². The Kier molecular flexibility index (Phi) is 6.05. The number of carbonyl (C=O) groups excluding carboxylic acids is 1. The van der Waals surface area contributed by atoms with E-state index in [0.717, 1.165) is 29.5 Å². The first-order valence-corrected chi connectivity index (χ1v) is 13.5. The van der Waals surface area contributed by atoms with Gasteiger partial charge in [0.2, 0.25) is 0 Å². The van der Waals surface area contributed by atoms with Crippen LogP contribution >= 0.6 is 0 Å². The molecule has 1 amide bonds. The lowest BCUT2D eigenvalue weighted by molar-refractivity contribution is -0.128. The van der Waals surface area contributed by atoms with Gasteiger partial charge in [0.1, 0.15) is 5.75 Å². The summed E-state index contributed by atoms with van der Waals surface area (Å²) in [6, 6.07) is 18.2. The molecule has 1 aliphatic heterocycles. The van der Waals surface area contributed by atoms with Crippen molar-refractivity contribution in [2.45, 2.75) is 57.1 Å². The Bertz CT molecular complexity index is 1380. The highest BCUT2D eigenvalue weighted by Gasteiger charge is 2.38. The van der Waals surface area contributed by atoms with Crippen molar-refractivity contribution in [2.24, 2.45) is 0 Å². The summed E-state index contributed by atoms with van der Waals surface area (Å²) >= 11 is 0. The van der Waals surface area contributed by atoms with Gasteiger partial charge in [-0.1, -0.05) is 42.0 Å². The molecule has 0 fully saturated rings. The number of sulfonamides is 1. The van der Waals surface area contributed by atoms with Gasteiger partial charge in [-0.3, -0.25) is 9.10 Å². The fourth-order valence-corrected chi connectivity index (χ4v) is 6.29. The highest BCUT2D eigenvalue weighted by molar-refractivity contribution is 7.92. The molecule has 0 radical (unpaired) electrons. The minimum atomic E-state index is -3.89. The summed E-state index contributed by atoms with van der Waals surface area (Å²) in [5.41, 5.74) is 6.09. The van der Waals surface area contributed by atoms with E-state index in [1.807, 2.05) is 26.8 Å². The van der Waals surface area contributed by atoms with Crippen molar-refractivity contribution in [1.29, 1.82) is 0 Å². The molecule has 35 heavy (non-hydrogen) atoms. The molecule has 0 saturated heterocycles. The van der Waals surface area contributed by atoms with Gasteiger partial charge in [0, 0.05) is 0 Å². The predicted molar refractivity (Wildman–Crippen MR) is 136 cm³/mol. The number of ether oxygens (including phenoxy) is 1. The lowest BCUT2D eigenvalue weighted by Gasteiger charge is -2.35. The fourth-order valence-electron chi connectivity index (χ4n) is 4.81. The van der Waals surface area contributed by atoms with Gasteiger partial charge in [0.25, 0.3) is 15.9 Å². The zero-order valence-corrected chi connectivity index (χ0v) is 21.1. The van der Waals surface area contributed by atoms with Gasteiger partial charge in [0.05, 0.1) is 23.2 Å². The van der Waals surface area contributed by atoms with Crippen LogP contribution in [0.2, 0.25) is 0 Å². The zero-order valence-electron chi connectivity index (χ0n) is 20.2. The third-order valence-electron chi connectivity index (χ3n) is 6.87. The molecule has 2 atom stereocenters. The third kappa shape index (κ3) is 4.52. The Morgan fingerprint density at radius 3 is 2.46 bits per heavy atom. The van der Waals surface area contributed by atoms with Gasteiger partial charge in [0.15, 0.2) is 6.10 Å². The quantitative estimate of drug-likeness (QED) is 0.566. The number of anilines is 1. The van der Waals surface area contributed by atoms with Gasteiger partial charge in [-0.15, -0.1) is 0 Å². The molecule has 0 spiro atoms. The molecule has 1 heterocycles. The zero-order chi connectivity index (χ0) is 24.7. The second-order valence-corrected chi connectivity index (χ2v) is 11.4. The summed E-state index contributed by atoms with van der Waals surface area (Å²) in [5.74, 6) is 0.0477. The first kappa shape index (κ1) is 23.4. The molecule has 7 heteroatoms. The van der Waals surface area contributed by atoms with Gasteiger partial charge in [-0.25, -0.2) is 8.42 Å². The van der Waals surface area contributed by atoms with Crippen LogP contribution in [0, 0.1) is 13.8 Å². The molecule has 3 aromatic carbocycles. The maximum Gasteiger partial charge on any atom is 0.264 e. The van der Waals surface area contributed by atoms with Crippen molar-refractivity contribution in [2.75, 3.05) is 10.8 Å². The van der Waals surface area contributed by atoms with E-state index >= 15 is 0 Å². The summed E-state index contributed by atoms with van der Waals surface area (Å²) in [6.07, 6.45) is 2.37. The van der Waals surface area contributed by atoms with Crippen LogP contribution in [0.5, 0.6) is 5.75 Å². The number of hydrogen-bond donors (Lipinski definition) is 1. The molecule has 2 aliphatic rings. The van der Waals surface area contributed by atoms with Gasteiger partial charge in [-0.2, -0.15) is 0 Å². The summed E-state index contributed by atoms with van der Waals surface area (Å²) < 4.78 is 34.5. The predicted octanol–water partition coefficient (Wildman–Crippen LogP) is 4.63. The average Bonchev–Trinajstić information content (AvgIpc) is 3.31. The molecular formula is C28H30N2O4S. The van der Waals surface area contributed by atoms with Crippen LogP contribution in [-0.4, -0.2) is 27.0 Å². The van der Waals surface area contributed by atoms with Crippen molar-refractivity contribution in [3.05, 3.63) is 88.5 Å².